The van der Waals surface area contributed by atoms with Crippen molar-refractivity contribution in [1.29, 1.82) is 0 Å². The van der Waals surface area contributed by atoms with Crippen molar-refractivity contribution in [1.82, 2.24) is 0 Å². The van der Waals surface area contributed by atoms with Crippen LogP contribution in [-0.4, -0.2) is 0 Å². The summed E-state index contributed by atoms with van der Waals surface area (Å²) in [4.78, 5) is 4.61. The molecule has 0 aliphatic heterocycles. The zero-order valence-electron chi connectivity index (χ0n) is 32.4. The van der Waals surface area contributed by atoms with Crippen molar-refractivity contribution in [2.45, 2.75) is 13.8 Å². The molecule has 0 atom stereocenters. The summed E-state index contributed by atoms with van der Waals surface area (Å²) in [6, 6.07) is 64.1. The minimum Gasteiger partial charge on any atom is -0.456 e. The first-order valence-electron chi connectivity index (χ1n) is 20.0. The van der Waals surface area contributed by atoms with Gasteiger partial charge in [0.25, 0.3) is 0 Å². The maximum absolute atomic E-state index is 6.86. The van der Waals surface area contributed by atoms with E-state index in [0.29, 0.717) is 0 Å². The summed E-state index contributed by atoms with van der Waals surface area (Å²) >= 11 is 0. The summed E-state index contributed by atoms with van der Waals surface area (Å²) in [5.41, 5.74) is 13.4. The second-order valence-corrected chi connectivity index (χ2v) is 15.4. The Morgan fingerprint density at radius 2 is 0.780 bits per heavy atom. The molecule has 0 spiro atoms. The third-order valence-corrected chi connectivity index (χ3v) is 11.8. The fourth-order valence-electron chi connectivity index (χ4n) is 8.97. The fourth-order valence-corrected chi connectivity index (χ4v) is 8.97. The highest BCUT2D eigenvalue weighted by atomic mass is 16.3. The number of furan rings is 3. The highest BCUT2D eigenvalue weighted by Gasteiger charge is 2.25. The molecule has 0 radical (unpaired) electrons. The molecule has 0 N–H and O–H groups in total. The number of para-hydroxylation sites is 4. The van der Waals surface area contributed by atoms with E-state index in [1.165, 1.54) is 11.1 Å². The Morgan fingerprint density at radius 3 is 1.39 bits per heavy atom. The molecule has 12 aromatic rings. The van der Waals surface area contributed by atoms with Crippen LogP contribution in [0.2, 0.25) is 0 Å². The molecular weight excluding hydrogens is 725 g/mol. The molecule has 3 aromatic heterocycles. The van der Waals surface area contributed by atoms with Crippen LogP contribution in [-0.2, 0) is 0 Å². The standard InChI is InChI=1S/C54H36N2O3/c1-33-21-25-35(26-22-33)55(45-17-9-15-42-39-12-5-7-19-48(39)58-53(42)45)37-29-30-50-44(31-37)52-41-14-4-3-11-38(41)47(32-51(52)57-50)56(36-27-23-34(2)24-28-36)46-18-10-16-43-40-13-6-8-20-49(40)59-54(43)46/h3-32H,1-2H3. The Labute approximate surface area is 339 Å². The number of rotatable bonds is 6. The molecule has 0 amide bonds. The van der Waals surface area contributed by atoms with Gasteiger partial charge in [0.1, 0.15) is 22.3 Å². The predicted molar refractivity (Wildman–Crippen MR) is 245 cm³/mol. The summed E-state index contributed by atoms with van der Waals surface area (Å²) in [5.74, 6) is 0. The van der Waals surface area contributed by atoms with Crippen LogP contribution in [0.4, 0.5) is 34.1 Å². The van der Waals surface area contributed by atoms with Gasteiger partial charge in [-0.25, -0.2) is 0 Å². The highest BCUT2D eigenvalue weighted by Crippen LogP contribution is 2.49. The number of nitrogens with zero attached hydrogens (tertiary/aromatic N) is 2. The zero-order valence-corrected chi connectivity index (χ0v) is 32.4. The van der Waals surface area contributed by atoms with Crippen molar-refractivity contribution in [2.75, 3.05) is 9.80 Å². The maximum Gasteiger partial charge on any atom is 0.159 e. The number of benzene rings is 9. The van der Waals surface area contributed by atoms with Crippen LogP contribution < -0.4 is 9.80 Å². The molecular formula is C54H36N2O3. The van der Waals surface area contributed by atoms with Crippen molar-refractivity contribution in [2.24, 2.45) is 0 Å². The molecule has 280 valence electrons. The molecule has 5 nitrogen and oxygen atoms in total. The van der Waals surface area contributed by atoms with E-state index in [1.807, 2.05) is 24.3 Å². The second kappa shape index (κ2) is 12.9. The van der Waals surface area contributed by atoms with E-state index in [0.717, 1.165) is 111 Å². The quantitative estimate of drug-likeness (QED) is 0.169. The number of hydrogen-bond donors (Lipinski definition) is 0. The van der Waals surface area contributed by atoms with E-state index in [2.05, 4.69) is 181 Å². The maximum atomic E-state index is 6.86. The Kier molecular flexibility index (Phi) is 7.29. The molecule has 0 fully saturated rings. The van der Waals surface area contributed by atoms with Crippen LogP contribution in [0.25, 0.3) is 76.6 Å². The smallest absolute Gasteiger partial charge is 0.159 e. The lowest BCUT2D eigenvalue weighted by atomic mass is 10.00. The average Bonchev–Trinajstić information content (AvgIpc) is 3.97. The minimum absolute atomic E-state index is 0.806. The lowest BCUT2D eigenvalue weighted by molar-refractivity contribution is 0.667. The second-order valence-electron chi connectivity index (χ2n) is 15.4. The summed E-state index contributed by atoms with van der Waals surface area (Å²) in [6.07, 6.45) is 0. The number of anilines is 6. The van der Waals surface area contributed by atoms with Crippen LogP contribution in [0.1, 0.15) is 11.1 Å². The van der Waals surface area contributed by atoms with Crippen molar-refractivity contribution in [3.05, 3.63) is 193 Å². The van der Waals surface area contributed by atoms with Crippen LogP contribution >= 0.6 is 0 Å². The van der Waals surface area contributed by atoms with E-state index < -0.39 is 0 Å². The highest BCUT2D eigenvalue weighted by molar-refractivity contribution is 6.24. The fraction of sp³-hybridized carbons (Fsp3) is 0.0370. The summed E-state index contributed by atoms with van der Waals surface area (Å²) in [7, 11) is 0. The van der Waals surface area contributed by atoms with Gasteiger partial charge in [-0.3, -0.25) is 0 Å². The Bertz CT molecular complexity index is 3590. The monoisotopic (exact) mass is 760 g/mol. The van der Waals surface area contributed by atoms with Crippen LogP contribution in [0.3, 0.4) is 0 Å². The number of hydrogen-bond acceptors (Lipinski definition) is 5. The molecule has 0 bridgehead atoms. The summed E-state index contributed by atoms with van der Waals surface area (Å²) in [5, 5.41) is 8.66. The lowest BCUT2D eigenvalue weighted by Crippen LogP contribution is -2.11. The Morgan fingerprint density at radius 1 is 0.305 bits per heavy atom. The lowest BCUT2D eigenvalue weighted by Gasteiger charge is -2.27. The van der Waals surface area contributed by atoms with Gasteiger partial charge in [-0.15, -0.1) is 0 Å². The van der Waals surface area contributed by atoms with Gasteiger partial charge in [0.15, 0.2) is 11.2 Å². The van der Waals surface area contributed by atoms with Gasteiger partial charge in [0, 0.05) is 60.8 Å². The van der Waals surface area contributed by atoms with Crippen molar-refractivity contribution in [3.63, 3.8) is 0 Å². The number of fused-ring (bicyclic) bond motifs is 11. The molecule has 0 saturated heterocycles. The van der Waals surface area contributed by atoms with Crippen LogP contribution in [0.15, 0.2) is 195 Å². The molecule has 0 aliphatic carbocycles. The molecule has 9 aromatic carbocycles. The van der Waals surface area contributed by atoms with Gasteiger partial charge in [-0.05, 0) is 86.0 Å². The van der Waals surface area contributed by atoms with Crippen molar-refractivity contribution >= 4 is 111 Å². The SMILES string of the molecule is Cc1ccc(N(c2ccc3oc4cc(N(c5ccc(C)cc5)c5cccc6c5oc5ccccc56)c5ccccc5c4c3c2)c2cccc3c2oc2ccccc23)cc1. The molecule has 0 unspecified atom stereocenters. The average molecular weight is 761 g/mol. The molecule has 12 rings (SSSR count). The first kappa shape index (κ1) is 33.4. The van der Waals surface area contributed by atoms with E-state index in [1.54, 1.807) is 0 Å². The normalized spacial score (nSPS) is 11.9. The zero-order chi connectivity index (χ0) is 39.2. The first-order chi connectivity index (χ1) is 29.1. The summed E-state index contributed by atoms with van der Waals surface area (Å²) < 4.78 is 20.1. The van der Waals surface area contributed by atoms with Crippen LogP contribution in [0, 0.1) is 13.8 Å². The molecule has 0 saturated carbocycles. The van der Waals surface area contributed by atoms with E-state index in [-0.39, 0.29) is 0 Å². The van der Waals surface area contributed by atoms with E-state index >= 15 is 0 Å². The van der Waals surface area contributed by atoms with Gasteiger partial charge >= 0.3 is 0 Å². The molecule has 3 heterocycles. The number of aryl methyl sites for hydroxylation is 2. The van der Waals surface area contributed by atoms with Gasteiger partial charge in [0.2, 0.25) is 0 Å². The van der Waals surface area contributed by atoms with Gasteiger partial charge < -0.3 is 23.1 Å². The summed E-state index contributed by atoms with van der Waals surface area (Å²) in [6.45, 7) is 4.24. The topological polar surface area (TPSA) is 45.9 Å². The predicted octanol–water partition coefficient (Wildman–Crippen LogP) is 16.1. The van der Waals surface area contributed by atoms with Gasteiger partial charge in [-0.1, -0.05) is 120 Å². The van der Waals surface area contributed by atoms with Crippen LogP contribution in [0.5, 0.6) is 0 Å². The van der Waals surface area contributed by atoms with Crippen molar-refractivity contribution in [3.8, 4) is 0 Å². The van der Waals surface area contributed by atoms with E-state index in [4.69, 9.17) is 13.3 Å². The minimum atomic E-state index is 0.806. The molecule has 0 aliphatic rings. The molecule has 59 heavy (non-hydrogen) atoms. The third kappa shape index (κ3) is 5.18. The Balaban J connectivity index is 1.10. The first-order valence-corrected chi connectivity index (χ1v) is 20.0. The van der Waals surface area contributed by atoms with E-state index in [9.17, 15) is 0 Å². The van der Waals surface area contributed by atoms with Crippen molar-refractivity contribution < 1.29 is 13.3 Å². The van der Waals surface area contributed by atoms with Gasteiger partial charge in [0.05, 0.1) is 17.1 Å². The molecule has 5 heteroatoms. The Hall–Kier alpha value is -7.76. The van der Waals surface area contributed by atoms with Gasteiger partial charge in [-0.2, -0.15) is 0 Å². The largest absolute Gasteiger partial charge is 0.456 e. The third-order valence-electron chi connectivity index (χ3n) is 11.8.